The Morgan fingerprint density at radius 3 is 2.50 bits per heavy atom. The van der Waals surface area contributed by atoms with Crippen molar-refractivity contribution in [2.45, 2.75) is 13.0 Å². The summed E-state index contributed by atoms with van der Waals surface area (Å²) < 4.78 is 2.33. The summed E-state index contributed by atoms with van der Waals surface area (Å²) in [6.07, 6.45) is 0. The first kappa shape index (κ1) is 13.0. The van der Waals surface area contributed by atoms with Crippen molar-refractivity contribution >= 4 is 15.9 Å². The Bertz CT molecular complexity index is 617. The zero-order valence-corrected chi connectivity index (χ0v) is 11.8. The van der Waals surface area contributed by atoms with Crippen LogP contribution in [0, 0.1) is 0 Å². The van der Waals surface area contributed by atoms with Gasteiger partial charge in [0.05, 0.1) is 5.69 Å². The van der Waals surface area contributed by atoms with Crippen LogP contribution in [0.3, 0.4) is 0 Å². The van der Waals surface area contributed by atoms with Crippen molar-refractivity contribution in [1.82, 2.24) is 9.78 Å². The van der Waals surface area contributed by atoms with Crippen LogP contribution in [0.15, 0.2) is 39.6 Å². The second kappa shape index (κ2) is 5.04. The van der Waals surface area contributed by atoms with Crippen molar-refractivity contribution in [3.8, 4) is 11.3 Å². The van der Waals surface area contributed by atoms with Gasteiger partial charge in [-0.25, -0.2) is 4.68 Å². The zero-order chi connectivity index (χ0) is 13.3. The molecule has 1 aromatic carbocycles. The molecule has 0 radical (unpaired) electrons. The van der Waals surface area contributed by atoms with Gasteiger partial charge in [0.1, 0.15) is 0 Å². The number of benzene rings is 1. The van der Waals surface area contributed by atoms with E-state index in [-0.39, 0.29) is 11.6 Å². The summed E-state index contributed by atoms with van der Waals surface area (Å²) in [6, 6.07) is 9.22. The molecule has 0 aliphatic carbocycles. The van der Waals surface area contributed by atoms with Crippen molar-refractivity contribution in [2.24, 2.45) is 12.8 Å². The molecule has 2 rings (SSSR count). The number of hydrogen-bond acceptors (Lipinski definition) is 3. The summed E-state index contributed by atoms with van der Waals surface area (Å²) in [5, 5.41) is 4.25. The SMILES string of the molecule is CC(N)c1cc(-c2ccc(Br)cc2)nn(C)c1=O. The second-order valence-electron chi connectivity index (χ2n) is 4.21. The first-order chi connectivity index (χ1) is 8.49. The number of halogens is 1. The van der Waals surface area contributed by atoms with Crippen LogP contribution >= 0.6 is 15.9 Å². The van der Waals surface area contributed by atoms with E-state index in [1.54, 1.807) is 20.0 Å². The van der Waals surface area contributed by atoms with E-state index in [9.17, 15) is 4.79 Å². The Morgan fingerprint density at radius 2 is 1.94 bits per heavy atom. The molecule has 1 aromatic heterocycles. The molecule has 0 amide bonds. The summed E-state index contributed by atoms with van der Waals surface area (Å²) in [5.41, 5.74) is 7.93. The minimum Gasteiger partial charge on any atom is -0.324 e. The van der Waals surface area contributed by atoms with Crippen molar-refractivity contribution in [2.75, 3.05) is 0 Å². The molecule has 0 saturated heterocycles. The van der Waals surface area contributed by atoms with Gasteiger partial charge in [-0.2, -0.15) is 5.10 Å². The maximum Gasteiger partial charge on any atom is 0.271 e. The van der Waals surface area contributed by atoms with Crippen LogP contribution < -0.4 is 11.3 Å². The molecule has 0 saturated carbocycles. The molecule has 0 aliphatic rings. The van der Waals surface area contributed by atoms with Crippen LogP contribution in [-0.2, 0) is 7.05 Å². The maximum atomic E-state index is 11.9. The minimum atomic E-state index is -0.305. The van der Waals surface area contributed by atoms with E-state index < -0.39 is 0 Å². The van der Waals surface area contributed by atoms with E-state index in [2.05, 4.69) is 21.0 Å². The molecule has 4 nitrogen and oxygen atoms in total. The highest BCUT2D eigenvalue weighted by Gasteiger charge is 2.11. The second-order valence-corrected chi connectivity index (χ2v) is 5.12. The summed E-state index contributed by atoms with van der Waals surface area (Å²) in [6.45, 7) is 1.79. The third-order valence-electron chi connectivity index (χ3n) is 2.72. The molecular formula is C13H14BrN3O. The van der Waals surface area contributed by atoms with Crippen LogP contribution in [0.5, 0.6) is 0 Å². The van der Waals surface area contributed by atoms with E-state index in [4.69, 9.17) is 5.73 Å². The van der Waals surface area contributed by atoms with Gasteiger partial charge in [0, 0.05) is 28.7 Å². The number of aromatic nitrogens is 2. The lowest BCUT2D eigenvalue weighted by molar-refractivity contribution is 0.675. The molecule has 1 unspecified atom stereocenters. The molecular weight excluding hydrogens is 294 g/mol. The van der Waals surface area contributed by atoms with E-state index >= 15 is 0 Å². The average Bonchev–Trinajstić information content (AvgIpc) is 2.33. The van der Waals surface area contributed by atoms with Crippen LogP contribution in [-0.4, -0.2) is 9.78 Å². The van der Waals surface area contributed by atoms with Gasteiger partial charge >= 0.3 is 0 Å². The highest BCUT2D eigenvalue weighted by atomic mass is 79.9. The van der Waals surface area contributed by atoms with Gasteiger partial charge in [-0.1, -0.05) is 28.1 Å². The monoisotopic (exact) mass is 307 g/mol. The molecule has 0 bridgehead atoms. The van der Waals surface area contributed by atoms with Gasteiger partial charge in [-0.3, -0.25) is 4.79 Å². The largest absolute Gasteiger partial charge is 0.324 e. The number of hydrogen-bond donors (Lipinski definition) is 1. The Morgan fingerprint density at radius 1 is 1.33 bits per heavy atom. The normalized spacial score (nSPS) is 12.4. The first-order valence-corrected chi connectivity index (χ1v) is 6.38. The van der Waals surface area contributed by atoms with Crippen molar-refractivity contribution in [3.63, 3.8) is 0 Å². The van der Waals surface area contributed by atoms with Gasteiger partial charge in [0.2, 0.25) is 0 Å². The van der Waals surface area contributed by atoms with Crippen LogP contribution in [0.1, 0.15) is 18.5 Å². The number of rotatable bonds is 2. The van der Waals surface area contributed by atoms with Crippen LogP contribution in [0.2, 0.25) is 0 Å². The third kappa shape index (κ3) is 2.52. The molecule has 0 fully saturated rings. The van der Waals surface area contributed by atoms with Gasteiger partial charge in [-0.15, -0.1) is 0 Å². The van der Waals surface area contributed by atoms with Crippen molar-refractivity contribution in [1.29, 1.82) is 0 Å². The Hall–Kier alpha value is -1.46. The number of nitrogens with two attached hydrogens (primary N) is 1. The summed E-state index contributed by atoms with van der Waals surface area (Å²) in [7, 11) is 1.64. The van der Waals surface area contributed by atoms with Gasteiger partial charge in [-0.05, 0) is 25.1 Å². The summed E-state index contributed by atoms with van der Waals surface area (Å²) in [5.74, 6) is 0. The summed E-state index contributed by atoms with van der Waals surface area (Å²) >= 11 is 3.39. The fourth-order valence-corrected chi connectivity index (χ4v) is 1.98. The molecule has 0 spiro atoms. The fourth-order valence-electron chi connectivity index (χ4n) is 1.72. The Balaban J connectivity index is 2.59. The molecule has 2 aromatic rings. The zero-order valence-electron chi connectivity index (χ0n) is 10.2. The molecule has 5 heteroatoms. The highest BCUT2D eigenvalue weighted by Crippen LogP contribution is 2.20. The first-order valence-electron chi connectivity index (χ1n) is 5.59. The van der Waals surface area contributed by atoms with E-state index in [0.717, 1.165) is 15.7 Å². The van der Waals surface area contributed by atoms with E-state index in [0.29, 0.717) is 5.56 Å². The van der Waals surface area contributed by atoms with Crippen molar-refractivity contribution in [3.05, 3.63) is 50.7 Å². The maximum absolute atomic E-state index is 11.9. The Kier molecular flexibility index (Phi) is 3.63. The third-order valence-corrected chi connectivity index (χ3v) is 3.25. The van der Waals surface area contributed by atoms with E-state index in [1.165, 1.54) is 4.68 Å². The molecule has 2 N–H and O–H groups in total. The quantitative estimate of drug-likeness (QED) is 0.925. The van der Waals surface area contributed by atoms with E-state index in [1.807, 2.05) is 24.3 Å². The van der Waals surface area contributed by atoms with Gasteiger partial charge in [0.25, 0.3) is 5.56 Å². The topological polar surface area (TPSA) is 60.9 Å². The molecule has 94 valence electrons. The lowest BCUT2D eigenvalue weighted by Gasteiger charge is -2.09. The van der Waals surface area contributed by atoms with Crippen LogP contribution in [0.25, 0.3) is 11.3 Å². The summed E-state index contributed by atoms with van der Waals surface area (Å²) in [4.78, 5) is 11.9. The predicted molar refractivity (Wildman–Crippen MR) is 75.2 cm³/mol. The lowest BCUT2D eigenvalue weighted by atomic mass is 10.1. The molecule has 1 atom stereocenters. The standard InChI is InChI=1S/C13H14BrN3O/c1-8(15)11-7-12(16-17(2)13(11)18)9-3-5-10(14)6-4-9/h3-8H,15H2,1-2H3. The van der Waals surface area contributed by atoms with Crippen LogP contribution in [0.4, 0.5) is 0 Å². The average molecular weight is 308 g/mol. The van der Waals surface area contributed by atoms with Crippen molar-refractivity contribution < 1.29 is 0 Å². The number of aryl methyl sites for hydroxylation is 1. The molecule has 18 heavy (non-hydrogen) atoms. The highest BCUT2D eigenvalue weighted by molar-refractivity contribution is 9.10. The fraction of sp³-hybridized carbons (Fsp3) is 0.231. The van der Waals surface area contributed by atoms with Gasteiger partial charge < -0.3 is 5.73 Å². The molecule has 1 heterocycles. The Labute approximate surface area is 114 Å². The molecule has 0 aliphatic heterocycles. The smallest absolute Gasteiger partial charge is 0.271 e. The predicted octanol–water partition coefficient (Wildman–Crippen LogP) is 2.23. The van der Waals surface area contributed by atoms with Gasteiger partial charge in [0.15, 0.2) is 0 Å². The minimum absolute atomic E-state index is 0.147. The number of nitrogens with zero attached hydrogens (tertiary/aromatic N) is 2. The lowest BCUT2D eigenvalue weighted by Crippen LogP contribution is -2.27.